The van der Waals surface area contributed by atoms with E-state index in [1.165, 1.54) is 11.2 Å². The summed E-state index contributed by atoms with van der Waals surface area (Å²) in [5.41, 5.74) is 2.62. The molecule has 1 aliphatic heterocycles. The SMILES string of the molecule is CC(=O)N1CCCc2cc(S(=O)(=O)N(C)Cc3ccccc3Br)ccc21. The summed E-state index contributed by atoms with van der Waals surface area (Å²) < 4.78 is 28.2. The number of halogens is 1. The summed E-state index contributed by atoms with van der Waals surface area (Å²) in [6, 6.07) is 12.6. The number of sulfonamides is 1. The minimum absolute atomic E-state index is 0.0207. The van der Waals surface area contributed by atoms with E-state index in [0.29, 0.717) is 6.54 Å². The van der Waals surface area contributed by atoms with Crippen LogP contribution in [0.2, 0.25) is 0 Å². The van der Waals surface area contributed by atoms with E-state index in [0.717, 1.165) is 34.1 Å². The Morgan fingerprint density at radius 1 is 1.23 bits per heavy atom. The average molecular weight is 437 g/mol. The van der Waals surface area contributed by atoms with Gasteiger partial charge in [0.05, 0.1) is 4.90 Å². The third-order valence-corrected chi connectivity index (χ3v) is 7.18. The van der Waals surface area contributed by atoms with Crippen molar-refractivity contribution >= 4 is 37.5 Å². The van der Waals surface area contributed by atoms with Crippen molar-refractivity contribution in [3.05, 3.63) is 58.1 Å². The fraction of sp³-hybridized carbons (Fsp3) is 0.316. The van der Waals surface area contributed by atoms with Crippen molar-refractivity contribution in [3.8, 4) is 0 Å². The van der Waals surface area contributed by atoms with Crippen LogP contribution in [0.4, 0.5) is 5.69 Å². The molecule has 138 valence electrons. The minimum atomic E-state index is -3.62. The van der Waals surface area contributed by atoms with E-state index in [-0.39, 0.29) is 17.3 Å². The van der Waals surface area contributed by atoms with E-state index >= 15 is 0 Å². The fourth-order valence-electron chi connectivity index (χ4n) is 3.19. The zero-order valence-electron chi connectivity index (χ0n) is 14.8. The van der Waals surface area contributed by atoms with Gasteiger partial charge in [-0.1, -0.05) is 34.1 Å². The molecule has 0 spiro atoms. The molecule has 3 rings (SSSR count). The molecule has 0 bridgehead atoms. The smallest absolute Gasteiger partial charge is 0.243 e. The van der Waals surface area contributed by atoms with Crippen LogP contribution in [0.15, 0.2) is 51.8 Å². The number of nitrogens with zero attached hydrogens (tertiary/aromatic N) is 2. The normalized spacial score (nSPS) is 14.4. The lowest BCUT2D eigenvalue weighted by Gasteiger charge is -2.29. The summed E-state index contributed by atoms with van der Waals surface area (Å²) in [7, 11) is -2.04. The van der Waals surface area contributed by atoms with Gasteiger partial charge < -0.3 is 4.90 Å². The molecule has 2 aromatic carbocycles. The van der Waals surface area contributed by atoms with Crippen molar-refractivity contribution in [2.45, 2.75) is 31.2 Å². The first-order chi connectivity index (χ1) is 12.3. The van der Waals surface area contributed by atoms with Gasteiger partial charge >= 0.3 is 0 Å². The maximum atomic E-state index is 13.0. The Labute approximate surface area is 162 Å². The number of rotatable bonds is 4. The molecular formula is C19H21BrN2O3S. The first-order valence-electron chi connectivity index (χ1n) is 8.41. The molecule has 1 aliphatic rings. The van der Waals surface area contributed by atoms with Crippen molar-refractivity contribution in [3.63, 3.8) is 0 Å². The molecule has 0 saturated carbocycles. The Morgan fingerprint density at radius 3 is 2.65 bits per heavy atom. The maximum Gasteiger partial charge on any atom is 0.243 e. The van der Waals surface area contributed by atoms with E-state index in [1.807, 2.05) is 24.3 Å². The number of fused-ring (bicyclic) bond motifs is 1. The number of carbonyl (C=O) groups is 1. The van der Waals surface area contributed by atoms with Gasteiger partial charge in [0.2, 0.25) is 15.9 Å². The highest BCUT2D eigenvalue weighted by Crippen LogP contribution is 2.31. The van der Waals surface area contributed by atoms with E-state index in [1.54, 1.807) is 30.1 Å². The molecule has 7 heteroatoms. The lowest BCUT2D eigenvalue weighted by atomic mass is 10.0. The van der Waals surface area contributed by atoms with E-state index in [4.69, 9.17) is 0 Å². The van der Waals surface area contributed by atoms with Crippen LogP contribution in [0, 0.1) is 0 Å². The molecule has 1 heterocycles. The second kappa shape index (κ2) is 7.50. The van der Waals surface area contributed by atoms with Gasteiger partial charge in [0.1, 0.15) is 0 Å². The number of hydrogen-bond acceptors (Lipinski definition) is 3. The molecule has 0 saturated heterocycles. The Kier molecular flexibility index (Phi) is 5.50. The number of carbonyl (C=O) groups excluding carboxylic acids is 1. The molecule has 1 amide bonds. The summed E-state index contributed by atoms with van der Waals surface area (Å²) in [5, 5.41) is 0. The van der Waals surface area contributed by atoms with Gasteiger partial charge in [-0.05, 0) is 48.2 Å². The molecule has 0 atom stereocenters. The predicted molar refractivity (Wildman–Crippen MR) is 106 cm³/mol. The Bertz CT molecular complexity index is 944. The van der Waals surface area contributed by atoms with Crippen molar-refractivity contribution < 1.29 is 13.2 Å². The van der Waals surface area contributed by atoms with Crippen molar-refractivity contribution in [1.82, 2.24) is 4.31 Å². The molecule has 0 radical (unpaired) electrons. The lowest BCUT2D eigenvalue weighted by Crippen LogP contribution is -2.34. The maximum absolute atomic E-state index is 13.0. The third-order valence-electron chi connectivity index (χ3n) is 4.61. The van der Waals surface area contributed by atoms with Crippen LogP contribution in [0.3, 0.4) is 0 Å². The Hall–Kier alpha value is -1.70. The standard InChI is InChI=1S/C19H21BrN2O3S/c1-14(23)22-11-5-7-15-12-17(9-10-19(15)22)26(24,25)21(2)13-16-6-3-4-8-18(16)20/h3-4,6,8-10,12H,5,7,11,13H2,1-2H3. The number of amides is 1. The van der Waals surface area contributed by atoms with E-state index < -0.39 is 10.0 Å². The van der Waals surface area contributed by atoms with E-state index in [9.17, 15) is 13.2 Å². The highest BCUT2D eigenvalue weighted by atomic mass is 79.9. The van der Waals surface area contributed by atoms with Gasteiger partial charge in [-0.3, -0.25) is 4.79 Å². The predicted octanol–water partition coefficient (Wildman–Crippen LogP) is 3.57. The molecule has 0 unspecified atom stereocenters. The molecule has 0 fully saturated rings. The van der Waals surface area contributed by atoms with Crippen molar-refractivity contribution in [2.75, 3.05) is 18.5 Å². The molecule has 5 nitrogen and oxygen atoms in total. The quantitative estimate of drug-likeness (QED) is 0.735. The van der Waals surface area contributed by atoms with Gasteiger partial charge in [-0.2, -0.15) is 4.31 Å². The second-order valence-electron chi connectivity index (χ2n) is 6.42. The zero-order chi connectivity index (χ0) is 18.9. The highest BCUT2D eigenvalue weighted by molar-refractivity contribution is 9.10. The van der Waals surface area contributed by atoms with E-state index in [2.05, 4.69) is 15.9 Å². The molecule has 26 heavy (non-hydrogen) atoms. The Balaban J connectivity index is 1.90. The highest BCUT2D eigenvalue weighted by Gasteiger charge is 2.25. The average Bonchev–Trinajstić information content (AvgIpc) is 2.62. The minimum Gasteiger partial charge on any atom is -0.312 e. The van der Waals surface area contributed by atoms with Crippen molar-refractivity contribution in [1.29, 1.82) is 0 Å². The van der Waals surface area contributed by atoms with Crippen molar-refractivity contribution in [2.24, 2.45) is 0 Å². The summed E-state index contributed by atoms with van der Waals surface area (Å²) >= 11 is 3.46. The Morgan fingerprint density at radius 2 is 1.96 bits per heavy atom. The summed E-state index contributed by atoms with van der Waals surface area (Å²) in [6.45, 7) is 2.49. The van der Waals surface area contributed by atoms with Gasteiger partial charge in [-0.25, -0.2) is 8.42 Å². The van der Waals surface area contributed by atoms with Crippen LogP contribution in [-0.2, 0) is 27.8 Å². The molecule has 0 aliphatic carbocycles. The summed E-state index contributed by atoms with van der Waals surface area (Å²) in [5.74, 6) is -0.0207. The van der Waals surface area contributed by atoms with Crippen LogP contribution < -0.4 is 4.90 Å². The van der Waals surface area contributed by atoms with Gasteiger partial charge in [-0.15, -0.1) is 0 Å². The van der Waals surface area contributed by atoms with Crippen LogP contribution in [0.25, 0.3) is 0 Å². The summed E-state index contributed by atoms with van der Waals surface area (Å²) in [6.07, 6.45) is 1.61. The molecular weight excluding hydrogens is 416 g/mol. The third kappa shape index (κ3) is 3.70. The topological polar surface area (TPSA) is 57.7 Å². The number of anilines is 1. The number of hydrogen-bond donors (Lipinski definition) is 0. The van der Waals surface area contributed by atoms with Gasteiger partial charge in [0.25, 0.3) is 0 Å². The molecule has 2 aromatic rings. The second-order valence-corrected chi connectivity index (χ2v) is 9.32. The lowest BCUT2D eigenvalue weighted by molar-refractivity contribution is -0.116. The van der Waals surface area contributed by atoms with Crippen LogP contribution >= 0.6 is 15.9 Å². The summed E-state index contributed by atoms with van der Waals surface area (Å²) in [4.78, 5) is 13.8. The monoisotopic (exact) mass is 436 g/mol. The molecule has 0 N–H and O–H groups in total. The van der Waals surface area contributed by atoms with Crippen LogP contribution in [0.5, 0.6) is 0 Å². The van der Waals surface area contributed by atoms with Crippen LogP contribution in [0.1, 0.15) is 24.5 Å². The van der Waals surface area contributed by atoms with Gasteiger partial charge in [0.15, 0.2) is 0 Å². The number of aryl methyl sites for hydroxylation is 1. The molecule has 0 aromatic heterocycles. The van der Waals surface area contributed by atoms with Crippen LogP contribution in [-0.4, -0.2) is 32.2 Å². The number of benzene rings is 2. The van der Waals surface area contributed by atoms with Gasteiger partial charge in [0, 0.05) is 37.2 Å². The first kappa shape index (κ1) is 19.1. The fourth-order valence-corrected chi connectivity index (χ4v) is 4.80. The largest absolute Gasteiger partial charge is 0.312 e. The first-order valence-corrected chi connectivity index (χ1v) is 10.6. The zero-order valence-corrected chi connectivity index (χ0v) is 17.2.